The van der Waals surface area contributed by atoms with E-state index in [0.717, 1.165) is 0 Å². The second-order valence-corrected chi connectivity index (χ2v) is 16.5. The molecule has 4 aliphatic heterocycles. The first kappa shape index (κ1) is 49.4. The number of rotatable bonds is 10. The minimum atomic E-state index is -1.28. The van der Waals surface area contributed by atoms with Crippen LogP contribution in [0.4, 0.5) is 0 Å². The van der Waals surface area contributed by atoms with Gasteiger partial charge in [0.25, 0.3) is 0 Å². The highest BCUT2D eigenvalue weighted by Gasteiger charge is 2.23. The molecule has 12 heteroatoms. The Morgan fingerprint density at radius 3 is 1.27 bits per heavy atom. The second-order valence-electron chi connectivity index (χ2n) is 16.5. The molecule has 0 aromatic heterocycles. The van der Waals surface area contributed by atoms with Gasteiger partial charge >= 0.3 is 11.9 Å². The topological polar surface area (TPSA) is 191 Å². The van der Waals surface area contributed by atoms with Crippen LogP contribution < -0.4 is 0 Å². The minimum absolute atomic E-state index is 0. The number of benzene rings is 4. The molecule has 12 nitrogen and oxygen atoms in total. The maximum Gasteiger partial charge on any atom is 0.339 e. The Labute approximate surface area is 371 Å². The van der Waals surface area contributed by atoms with Gasteiger partial charge in [-0.1, -0.05) is 60.7 Å². The van der Waals surface area contributed by atoms with E-state index in [1.807, 2.05) is 0 Å². The van der Waals surface area contributed by atoms with E-state index in [0.29, 0.717) is 32.7 Å². The van der Waals surface area contributed by atoms with Crippen LogP contribution in [-0.4, -0.2) is 127 Å². The van der Waals surface area contributed by atoms with Crippen LogP contribution in [0.2, 0.25) is 0 Å². The maximum absolute atomic E-state index is 11.6. The molecule has 8 rings (SSSR count). The van der Waals surface area contributed by atoms with Gasteiger partial charge in [0.15, 0.2) is 12.4 Å². The first-order valence-corrected chi connectivity index (χ1v) is 21.9. The standard InChI is InChI=1S/C23H16O6.2C14H23N2.2H2O/c24-20-16(14-7-3-1-5-12(14)9-18(20)22(26)27)11-17-15-8-4-2-6-13(15)10-19(21(17)25)23(28)29;2*1-14(13-16-10-4-5-11-16)7-6-12-15-8-2-3-9-15;;/h1-10,24-25H,11H2,(H,26,27)(H,28,29);2*6-7,12-13H,2-5,8-11H2,1H3;2*1H2/q;2*+1;;. The molecule has 4 aliphatic rings. The molecule has 4 aromatic carbocycles. The lowest BCUT2D eigenvalue weighted by Crippen LogP contribution is -2.10. The third kappa shape index (κ3) is 13.9. The third-order valence-corrected chi connectivity index (χ3v) is 11.7. The fourth-order valence-electron chi connectivity index (χ4n) is 8.50. The molecule has 0 radical (unpaired) electrons. The Kier molecular flexibility index (Phi) is 19.1. The average molecular weight is 863 g/mol. The molecule has 0 amide bonds. The summed E-state index contributed by atoms with van der Waals surface area (Å²) in [6.07, 6.45) is 28.7. The predicted octanol–water partition coefficient (Wildman–Crippen LogP) is 7.58. The number of carbonyl (C=O) groups is 2. The molecule has 4 saturated heterocycles. The summed E-state index contributed by atoms with van der Waals surface area (Å²) in [6, 6.07) is 16.8. The third-order valence-electron chi connectivity index (χ3n) is 11.7. The number of aromatic hydroxyl groups is 2. The number of carboxylic acid groups (broad SMARTS) is 2. The zero-order chi connectivity index (χ0) is 43.1. The molecule has 0 bridgehead atoms. The smallest absolute Gasteiger partial charge is 0.339 e. The van der Waals surface area contributed by atoms with Crippen molar-refractivity contribution in [2.75, 3.05) is 52.4 Å². The van der Waals surface area contributed by atoms with Gasteiger partial charge in [0.1, 0.15) is 48.8 Å². The number of aromatic carboxylic acids is 2. The molecule has 8 N–H and O–H groups in total. The van der Waals surface area contributed by atoms with Crippen molar-refractivity contribution in [1.29, 1.82) is 0 Å². The zero-order valence-electron chi connectivity index (χ0n) is 36.8. The number of carboxylic acids is 2. The Balaban J connectivity index is 0.000000220. The van der Waals surface area contributed by atoms with Crippen molar-refractivity contribution in [3.63, 3.8) is 0 Å². The van der Waals surface area contributed by atoms with E-state index in [2.05, 4.69) is 81.9 Å². The van der Waals surface area contributed by atoms with Crippen molar-refractivity contribution in [2.24, 2.45) is 0 Å². The molecule has 0 spiro atoms. The van der Waals surface area contributed by atoms with Crippen LogP contribution in [0.1, 0.15) is 97.1 Å². The van der Waals surface area contributed by atoms with Crippen LogP contribution in [0.15, 0.2) is 109 Å². The van der Waals surface area contributed by atoms with Gasteiger partial charge < -0.3 is 41.2 Å². The van der Waals surface area contributed by atoms with Gasteiger partial charge in [-0.2, -0.15) is 0 Å². The molecule has 0 atom stereocenters. The normalized spacial score (nSPS) is 16.5. The summed E-state index contributed by atoms with van der Waals surface area (Å²) in [4.78, 5) is 28.0. The number of likely N-dealkylation sites (tertiary alicyclic amines) is 2. The van der Waals surface area contributed by atoms with Gasteiger partial charge in [-0.05, 0) is 97.8 Å². The number of nitrogens with zero attached hydrogens (tertiary/aromatic N) is 4. The van der Waals surface area contributed by atoms with E-state index in [1.54, 1.807) is 48.5 Å². The van der Waals surface area contributed by atoms with Crippen molar-refractivity contribution in [1.82, 2.24) is 9.80 Å². The summed E-state index contributed by atoms with van der Waals surface area (Å²) >= 11 is 0. The highest BCUT2D eigenvalue weighted by molar-refractivity contribution is 6.02. The number of hydrogen-bond donors (Lipinski definition) is 4. The van der Waals surface area contributed by atoms with Gasteiger partial charge in [-0.3, -0.25) is 0 Å². The molecule has 0 unspecified atom stereocenters. The summed E-state index contributed by atoms with van der Waals surface area (Å²) in [5.74, 6) is -3.36. The lowest BCUT2D eigenvalue weighted by molar-refractivity contribution is -0.501. The first-order chi connectivity index (χ1) is 29.6. The summed E-state index contributed by atoms with van der Waals surface area (Å²) in [6.45, 7) is 14.3. The highest BCUT2D eigenvalue weighted by Crippen LogP contribution is 2.38. The van der Waals surface area contributed by atoms with Crippen molar-refractivity contribution in [3.8, 4) is 11.5 Å². The summed E-state index contributed by atoms with van der Waals surface area (Å²) in [5, 5.41) is 42.8. The fraction of sp³-hybridized carbons (Fsp3) is 0.373. The monoisotopic (exact) mass is 862 g/mol. The van der Waals surface area contributed by atoms with Crippen LogP contribution in [0, 0.1) is 0 Å². The quantitative estimate of drug-likeness (QED) is 0.0927. The zero-order valence-corrected chi connectivity index (χ0v) is 36.8. The van der Waals surface area contributed by atoms with Crippen LogP contribution in [-0.2, 0) is 6.42 Å². The molecule has 63 heavy (non-hydrogen) atoms. The van der Waals surface area contributed by atoms with E-state index in [1.165, 1.54) is 127 Å². The largest absolute Gasteiger partial charge is 0.507 e. The minimum Gasteiger partial charge on any atom is -0.507 e. The average Bonchev–Trinajstić information content (AvgIpc) is 4.11. The predicted molar refractivity (Wildman–Crippen MR) is 253 cm³/mol. The number of fused-ring (bicyclic) bond motifs is 2. The van der Waals surface area contributed by atoms with Crippen LogP contribution in [0.25, 0.3) is 21.5 Å². The van der Waals surface area contributed by atoms with Crippen LogP contribution in [0.3, 0.4) is 0 Å². The molecule has 4 fully saturated rings. The molecular formula is C51H66N4O8+2. The number of allylic oxidation sites excluding steroid dienone is 6. The fourth-order valence-corrected chi connectivity index (χ4v) is 8.50. The Hall–Kier alpha value is -6.24. The second kappa shape index (κ2) is 24.4. The Bertz CT molecular complexity index is 2200. The lowest BCUT2D eigenvalue weighted by atomic mass is 9.90. The molecular weight excluding hydrogens is 797 g/mol. The van der Waals surface area contributed by atoms with Crippen molar-refractivity contribution >= 4 is 45.9 Å². The van der Waals surface area contributed by atoms with Crippen LogP contribution >= 0.6 is 0 Å². The van der Waals surface area contributed by atoms with Gasteiger partial charge in [-0.25, -0.2) is 18.7 Å². The number of phenols is 2. The molecule has 4 heterocycles. The summed E-state index contributed by atoms with van der Waals surface area (Å²) in [7, 11) is 0. The van der Waals surface area contributed by atoms with Gasteiger partial charge in [0.2, 0.25) is 0 Å². The molecule has 4 aromatic rings. The SMILES string of the molecule is C/C(C=[N+]1CCCC1)=C\C=C\N1CCCC1.C/C(C=[N+]1CCCC1)=C\C=C\N1CCCC1.O.O.O=C(O)c1cc2ccccc2c(Cc2c(O)c(C(=O)O)cc3ccccc23)c1O. The van der Waals surface area contributed by atoms with E-state index >= 15 is 0 Å². The molecule has 336 valence electrons. The van der Waals surface area contributed by atoms with Gasteiger partial charge in [-0.15, -0.1) is 0 Å². The van der Waals surface area contributed by atoms with Crippen LogP contribution in [0.5, 0.6) is 11.5 Å². The van der Waals surface area contributed by atoms with Gasteiger partial charge in [0, 0.05) is 80.6 Å². The van der Waals surface area contributed by atoms with E-state index in [9.17, 15) is 30.0 Å². The molecule has 0 aliphatic carbocycles. The first-order valence-electron chi connectivity index (χ1n) is 21.9. The van der Waals surface area contributed by atoms with Crippen molar-refractivity contribution < 1.29 is 50.1 Å². The van der Waals surface area contributed by atoms with Gasteiger partial charge in [0.05, 0.1) is 0 Å². The summed E-state index contributed by atoms with van der Waals surface area (Å²) in [5.41, 5.74) is 2.83. The Morgan fingerprint density at radius 2 is 0.921 bits per heavy atom. The highest BCUT2D eigenvalue weighted by atomic mass is 16.4. The molecule has 0 saturated carbocycles. The van der Waals surface area contributed by atoms with Crippen molar-refractivity contribution in [3.05, 3.63) is 131 Å². The Morgan fingerprint density at radius 1 is 0.571 bits per heavy atom. The summed E-state index contributed by atoms with van der Waals surface area (Å²) < 4.78 is 4.85. The van der Waals surface area contributed by atoms with Crippen molar-refractivity contribution in [2.45, 2.75) is 71.6 Å². The number of hydrogen-bond acceptors (Lipinski definition) is 6. The van der Waals surface area contributed by atoms with E-state index in [4.69, 9.17) is 0 Å². The lowest BCUT2D eigenvalue weighted by Gasteiger charge is -2.16. The van der Waals surface area contributed by atoms with E-state index < -0.39 is 23.4 Å². The maximum atomic E-state index is 11.6. The van der Waals surface area contributed by atoms with E-state index in [-0.39, 0.29) is 28.5 Å².